The number of benzene rings is 1. The number of amides is 2. The second-order valence-corrected chi connectivity index (χ2v) is 8.36. The minimum absolute atomic E-state index is 0.0245. The lowest BCUT2D eigenvalue weighted by molar-refractivity contribution is -0.121. The first-order valence-corrected chi connectivity index (χ1v) is 11.1. The van der Waals surface area contributed by atoms with Crippen LogP contribution in [-0.4, -0.2) is 49.6 Å². The SMILES string of the molecule is CCCCC1CCC(C(=O)Nc2ccc(NC(=O)CN3CCOCC3)cc2)CC1. The molecule has 160 valence electrons. The van der Waals surface area contributed by atoms with E-state index in [1.807, 2.05) is 24.3 Å². The number of morpholine rings is 1. The quantitative estimate of drug-likeness (QED) is 0.693. The molecule has 3 rings (SSSR count). The summed E-state index contributed by atoms with van der Waals surface area (Å²) in [6.45, 7) is 5.56. The number of unbranched alkanes of at least 4 members (excludes halogenated alkanes) is 1. The van der Waals surface area contributed by atoms with Crippen molar-refractivity contribution in [2.45, 2.75) is 51.9 Å². The van der Waals surface area contributed by atoms with Gasteiger partial charge in [0.1, 0.15) is 0 Å². The van der Waals surface area contributed by atoms with Crippen LogP contribution >= 0.6 is 0 Å². The molecule has 0 atom stereocenters. The number of carbonyl (C=O) groups excluding carboxylic acids is 2. The first-order valence-electron chi connectivity index (χ1n) is 11.1. The molecule has 0 bridgehead atoms. The summed E-state index contributed by atoms with van der Waals surface area (Å²) in [5, 5.41) is 5.96. The molecule has 1 aromatic carbocycles. The number of ether oxygens (including phenoxy) is 1. The van der Waals surface area contributed by atoms with Crippen molar-refractivity contribution in [2.75, 3.05) is 43.5 Å². The minimum Gasteiger partial charge on any atom is -0.379 e. The maximum absolute atomic E-state index is 12.6. The summed E-state index contributed by atoms with van der Waals surface area (Å²) in [6, 6.07) is 7.40. The Bertz CT molecular complexity index is 648. The molecule has 2 fully saturated rings. The Balaban J connectivity index is 1.40. The van der Waals surface area contributed by atoms with E-state index in [2.05, 4.69) is 22.5 Å². The number of carbonyl (C=O) groups is 2. The van der Waals surface area contributed by atoms with Gasteiger partial charge in [0.15, 0.2) is 0 Å². The molecule has 2 amide bonds. The molecule has 1 aromatic rings. The zero-order chi connectivity index (χ0) is 20.5. The zero-order valence-corrected chi connectivity index (χ0v) is 17.6. The lowest BCUT2D eigenvalue weighted by Gasteiger charge is -2.27. The fourth-order valence-corrected chi connectivity index (χ4v) is 4.25. The van der Waals surface area contributed by atoms with Crippen molar-refractivity contribution < 1.29 is 14.3 Å². The highest BCUT2D eigenvalue weighted by Gasteiger charge is 2.26. The van der Waals surface area contributed by atoms with E-state index in [4.69, 9.17) is 4.74 Å². The predicted octanol–water partition coefficient (Wildman–Crippen LogP) is 3.89. The third kappa shape index (κ3) is 7.12. The maximum atomic E-state index is 12.6. The molecule has 1 aliphatic carbocycles. The summed E-state index contributed by atoms with van der Waals surface area (Å²) >= 11 is 0. The number of nitrogens with zero attached hydrogens (tertiary/aromatic N) is 1. The highest BCUT2D eigenvalue weighted by molar-refractivity contribution is 5.94. The molecule has 0 unspecified atom stereocenters. The molecule has 6 heteroatoms. The van der Waals surface area contributed by atoms with Crippen LogP contribution in [-0.2, 0) is 14.3 Å². The molecule has 0 radical (unpaired) electrons. The van der Waals surface area contributed by atoms with Gasteiger partial charge < -0.3 is 15.4 Å². The van der Waals surface area contributed by atoms with Crippen molar-refractivity contribution in [1.82, 2.24) is 4.90 Å². The van der Waals surface area contributed by atoms with Crippen LogP contribution in [0.3, 0.4) is 0 Å². The average Bonchev–Trinajstić information content (AvgIpc) is 2.74. The van der Waals surface area contributed by atoms with Crippen molar-refractivity contribution in [3.05, 3.63) is 24.3 Å². The van der Waals surface area contributed by atoms with Crippen molar-refractivity contribution in [3.63, 3.8) is 0 Å². The zero-order valence-electron chi connectivity index (χ0n) is 17.6. The van der Waals surface area contributed by atoms with Gasteiger partial charge in [-0.1, -0.05) is 26.2 Å². The van der Waals surface area contributed by atoms with Gasteiger partial charge in [-0.15, -0.1) is 0 Å². The van der Waals surface area contributed by atoms with Gasteiger partial charge in [0.05, 0.1) is 19.8 Å². The van der Waals surface area contributed by atoms with Crippen LogP contribution in [0.4, 0.5) is 11.4 Å². The van der Waals surface area contributed by atoms with E-state index < -0.39 is 0 Å². The van der Waals surface area contributed by atoms with Crippen LogP contribution < -0.4 is 10.6 Å². The Hall–Kier alpha value is -1.92. The Morgan fingerprint density at radius 3 is 2.24 bits per heavy atom. The molecule has 6 nitrogen and oxygen atoms in total. The molecule has 0 aromatic heterocycles. The number of anilines is 2. The van der Waals surface area contributed by atoms with Gasteiger partial charge in [0.25, 0.3) is 0 Å². The van der Waals surface area contributed by atoms with Crippen LogP contribution in [0.15, 0.2) is 24.3 Å². The van der Waals surface area contributed by atoms with Crippen LogP contribution in [0, 0.1) is 11.8 Å². The summed E-state index contributed by atoms with van der Waals surface area (Å²) in [6.07, 6.45) is 8.20. The minimum atomic E-state index is -0.0245. The largest absolute Gasteiger partial charge is 0.379 e. The number of hydrogen-bond acceptors (Lipinski definition) is 4. The lowest BCUT2D eigenvalue weighted by atomic mass is 9.79. The van der Waals surface area contributed by atoms with Crippen molar-refractivity contribution in [1.29, 1.82) is 0 Å². The number of rotatable bonds is 8. The van der Waals surface area contributed by atoms with E-state index in [0.717, 1.165) is 43.2 Å². The molecule has 0 spiro atoms. The summed E-state index contributed by atoms with van der Waals surface area (Å²) in [5.41, 5.74) is 1.53. The molecule has 1 saturated carbocycles. The molecule has 29 heavy (non-hydrogen) atoms. The van der Waals surface area contributed by atoms with E-state index in [1.165, 1.54) is 32.1 Å². The number of hydrogen-bond donors (Lipinski definition) is 2. The van der Waals surface area contributed by atoms with E-state index in [0.29, 0.717) is 19.8 Å². The topological polar surface area (TPSA) is 70.7 Å². The average molecular weight is 402 g/mol. The van der Waals surface area contributed by atoms with E-state index in [-0.39, 0.29) is 17.7 Å². The van der Waals surface area contributed by atoms with Crippen LogP contribution in [0.25, 0.3) is 0 Å². The molecule has 1 aliphatic heterocycles. The van der Waals surface area contributed by atoms with Crippen LogP contribution in [0.1, 0.15) is 51.9 Å². The second kappa shape index (κ2) is 11.3. The molecular weight excluding hydrogens is 366 g/mol. The Labute approximate surface area is 174 Å². The van der Waals surface area contributed by atoms with Gasteiger partial charge in [-0.3, -0.25) is 14.5 Å². The highest BCUT2D eigenvalue weighted by atomic mass is 16.5. The van der Waals surface area contributed by atoms with Crippen molar-refractivity contribution in [2.24, 2.45) is 11.8 Å². The summed E-state index contributed by atoms with van der Waals surface area (Å²) in [7, 11) is 0. The van der Waals surface area contributed by atoms with Crippen LogP contribution in [0.5, 0.6) is 0 Å². The summed E-state index contributed by atoms with van der Waals surface area (Å²) in [4.78, 5) is 26.8. The van der Waals surface area contributed by atoms with Gasteiger partial charge in [0, 0.05) is 30.4 Å². The maximum Gasteiger partial charge on any atom is 0.238 e. The standard InChI is InChI=1S/C23H35N3O3/c1-2-3-4-18-5-7-19(8-6-18)23(28)25-21-11-9-20(10-12-21)24-22(27)17-26-13-15-29-16-14-26/h9-12,18-19H,2-8,13-17H2,1H3,(H,24,27)(H,25,28). The third-order valence-electron chi connectivity index (χ3n) is 6.09. The van der Waals surface area contributed by atoms with E-state index in [1.54, 1.807) is 0 Å². The van der Waals surface area contributed by atoms with Crippen molar-refractivity contribution in [3.8, 4) is 0 Å². The third-order valence-corrected chi connectivity index (χ3v) is 6.09. The molecule has 2 aliphatic rings. The van der Waals surface area contributed by atoms with E-state index in [9.17, 15) is 9.59 Å². The van der Waals surface area contributed by atoms with Gasteiger partial charge >= 0.3 is 0 Å². The van der Waals surface area contributed by atoms with Gasteiger partial charge in [-0.05, 0) is 55.9 Å². The Morgan fingerprint density at radius 1 is 1.00 bits per heavy atom. The normalized spacial score (nSPS) is 22.8. The fraction of sp³-hybridized carbons (Fsp3) is 0.652. The second-order valence-electron chi connectivity index (χ2n) is 8.36. The predicted molar refractivity (Wildman–Crippen MR) is 116 cm³/mol. The Morgan fingerprint density at radius 2 is 1.62 bits per heavy atom. The molecule has 1 heterocycles. The highest BCUT2D eigenvalue weighted by Crippen LogP contribution is 2.32. The molecule has 2 N–H and O–H groups in total. The smallest absolute Gasteiger partial charge is 0.238 e. The van der Waals surface area contributed by atoms with Gasteiger partial charge in [-0.25, -0.2) is 0 Å². The monoisotopic (exact) mass is 401 g/mol. The Kier molecular flexibility index (Phi) is 8.50. The van der Waals surface area contributed by atoms with Gasteiger partial charge in [-0.2, -0.15) is 0 Å². The van der Waals surface area contributed by atoms with Crippen LogP contribution in [0.2, 0.25) is 0 Å². The summed E-state index contributed by atoms with van der Waals surface area (Å²) < 4.78 is 5.30. The van der Waals surface area contributed by atoms with E-state index >= 15 is 0 Å². The first-order chi connectivity index (χ1) is 14.1. The first kappa shape index (κ1) is 21.8. The summed E-state index contributed by atoms with van der Waals surface area (Å²) in [5.74, 6) is 1.03. The fourth-order valence-electron chi connectivity index (χ4n) is 4.25. The molecule has 1 saturated heterocycles. The molecular formula is C23H35N3O3. The van der Waals surface area contributed by atoms with Crippen molar-refractivity contribution >= 4 is 23.2 Å². The number of nitrogens with one attached hydrogen (secondary N) is 2. The van der Waals surface area contributed by atoms with Gasteiger partial charge in [0.2, 0.25) is 11.8 Å². The lowest BCUT2D eigenvalue weighted by Crippen LogP contribution is -2.41.